The van der Waals surface area contributed by atoms with Gasteiger partial charge in [-0.2, -0.15) is 0 Å². The molecule has 1 spiro atoms. The molecule has 16 heavy (non-hydrogen) atoms. The highest BCUT2D eigenvalue weighted by atomic mass is 15.3. The van der Waals surface area contributed by atoms with Crippen LogP contribution in [0.25, 0.3) is 0 Å². The van der Waals surface area contributed by atoms with E-state index in [0.717, 1.165) is 6.04 Å². The van der Waals surface area contributed by atoms with Crippen LogP contribution >= 0.6 is 0 Å². The average molecular weight is 224 g/mol. The molecular weight excluding hydrogens is 196 g/mol. The lowest BCUT2D eigenvalue weighted by Gasteiger charge is -2.63. The van der Waals surface area contributed by atoms with Crippen molar-refractivity contribution in [3.8, 4) is 0 Å². The molecule has 1 saturated heterocycles. The highest BCUT2D eigenvalue weighted by Crippen LogP contribution is 2.50. The van der Waals surface area contributed by atoms with Gasteiger partial charge in [-0.1, -0.05) is 0 Å². The van der Waals surface area contributed by atoms with Gasteiger partial charge in [0.2, 0.25) is 0 Å². The summed E-state index contributed by atoms with van der Waals surface area (Å²) in [5, 5.41) is 3.71. The summed E-state index contributed by atoms with van der Waals surface area (Å²) in [5.41, 5.74) is 1.32. The first kappa shape index (κ1) is 12.4. The van der Waals surface area contributed by atoms with Gasteiger partial charge in [0, 0.05) is 30.2 Å². The van der Waals surface area contributed by atoms with Crippen LogP contribution in [0.15, 0.2) is 0 Å². The van der Waals surface area contributed by atoms with Crippen molar-refractivity contribution >= 4 is 0 Å². The Bertz CT molecular complexity index is 255. The minimum atomic E-state index is 0.278. The lowest BCUT2D eigenvalue weighted by Crippen LogP contribution is -2.70. The topological polar surface area (TPSA) is 15.3 Å². The maximum Gasteiger partial charge on any atom is 0.0125 e. The van der Waals surface area contributed by atoms with Crippen molar-refractivity contribution in [2.75, 3.05) is 13.1 Å². The lowest BCUT2D eigenvalue weighted by atomic mass is 9.59. The van der Waals surface area contributed by atoms with Gasteiger partial charge in [-0.15, -0.1) is 0 Å². The van der Waals surface area contributed by atoms with Gasteiger partial charge < -0.3 is 5.32 Å². The monoisotopic (exact) mass is 224 g/mol. The van der Waals surface area contributed by atoms with E-state index in [-0.39, 0.29) is 5.54 Å². The summed E-state index contributed by atoms with van der Waals surface area (Å²) in [6.07, 6.45) is 2.77. The van der Waals surface area contributed by atoms with Crippen molar-refractivity contribution in [2.45, 2.75) is 71.5 Å². The first-order valence-corrected chi connectivity index (χ1v) is 6.63. The predicted molar refractivity (Wildman–Crippen MR) is 69.7 cm³/mol. The molecule has 0 radical (unpaired) electrons. The van der Waals surface area contributed by atoms with Crippen LogP contribution in [-0.4, -0.2) is 35.1 Å². The van der Waals surface area contributed by atoms with Crippen LogP contribution in [0.2, 0.25) is 0 Å². The molecule has 2 heteroatoms. The third kappa shape index (κ3) is 2.43. The van der Waals surface area contributed by atoms with Gasteiger partial charge in [-0.3, -0.25) is 4.90 Å². The first-order valence-electron chi connectivity index (χ1n) is 6.63. The second-order valence-electron chi connectivity index (χ2n) is 8.03. The van der Waals surface area contributed by atoms with Gasteiger partial charge in [-0.25, -0.2) is 0 Å². The van der Waals surface area contributed by atoms with E-state index in [1.54, 1.807) is 0 Å². The van der Waals surface area contributed by atoms with E-state index < -0.39 is 0 Å². The fraction of sp³-hybridized carbons (Fsp3) is 1.00. The van der Waals surface area contributed by atoms with Crippen LogP contribution in [0.4, 0.5) is 0 Å². The molecule has 1 saturated carbocycles. The van der Waals surface area contributed by atoms with Gasteiger partial charge in [0.15, 0.2) is 0 Å². The molecule has 2 fully saturated rings. The zero-order chi connectivity index (χ0) is 12.2. The molecule has 1 heterocycles. The molecule has 0 aromatic rings. The highest BCUT2D eigenvalue weighted by molar-refractivity contribution is 5.09. The van der Waals surface area contributed by atoms with Crippen molar-refractivity contribution in [3.05, 3.63) is 0 Å². The molecule has 94 valence electrons. The number of nitrogens with zero attached hydrogens (tertiary/aromatic N) is 1. The third-order valence-corrected chi connectivity index (χ3v) is 4.00. The minimum Gasteiger partial charge on any atom is -0.309 e. The molecule has 2 aliphatic rings. The molecule has 1 N–H and O–H groups in total. The Balaban J connectivity index is 1.75. The van der Waals surface area contributed by atoms with Crippen LogP contribution in [0.5, 0.6) is 0 Å². The summed E-state index contributed by atoms with van der Waals surface area (Å²) in [7, 11) is 0. The van der Waals surface area contributed by atoms with Crippen LogP contribution in [-0.2, 0) is 0 Å². The Morgan fingerprint density at radius 1 is 1.00 bits per heavy atom. The second kappa shape index (κ2) is 3.46. The Hall–Kier alpha value is -0.0800. The molecular formula is C14H28N2. The van der Waals surface area contributed by atoms with Crippen LogP contribution in [0.3, 0.4) is 0 Å². The Labute approximate surface area is 101 Å². The average Bonchev–Trinajstić information content (AvgIpc) is 1.85. The fourth-order valence-electron chi connectivity index (χ4n) is 3.20. The zero-order valence-corrected chi connectivity index (χ0v) is 11.9. The smallest absolute Gasteiger partial charge is 0.0125 e. The van der Waals surface area contributed by atoms with E-state index >= 15 is 0 Å². The molecule has 1 aliphatic carbocycles. The van der Waals surface area contributed by atoms with E-state index in [9.17, 15) is 0 Å². The SMILES string of the molecule is CC(C)(C)NC1CC2(C1)CN(C(C)(C)C)C2. The largest absolute Gasteiger partial charge is 0.309 e. The van der Waals surface area contributed by atoms with Crippen LogP contribution in [0, 0.1) is 5.41 Å². The lowest BCUT2D eigenvalue weighted by molar-refractivity contribution is -0.120. The van der Waals surface area contributed by atoms with Gasteiger partial charge >= 0.3 is 0 Å². The van der Waals surface area contributed by atoms with E-state index in [2.05, 4.69) is 51.8 Å². The number of nitrogens with one attached hydrogen (secondary N) is 1. The van der Waals surface area contributed by atoms with E-state index in [4.69, 9.17) is 0 Å². The Morgan fingerprint density at radius 3 is 1.88 bits per heavy atom. The first-order chi connectivity index (χ1) is 7.10. The van der Waals surface area contributed by atoms with Gasteiger partial charge in [0.25, 0.3) is 0 Å². The van der Waals surface area contributed by atoms with Crippen molar-refractivity contribution in [1.29, 1.82) is 0 Å². The van der Waals surface area contributed by atoms with Crippen molar-refractivity contribution in [3.63, 3.8) is 0 Å². The van der Waals surface area contributed by atoms with Crippen LogP contribution < -0.4 is 5.32 Å². The van der Waals surface area contributed by atoms with Crippen LogP contribution in [0.1, 0.15) is 54.4 Å². The normalized spacial score (nSPS) is 26.6. The quantitative estimate of drug-likeness (QED) is 0.736. The number of rotatable bonds is 1. The van der Waals surface area contributed by atoms with E-state index in [0.29, 0.717) is 11.0 Å². The minimum absolute atomic E-state index is 0.278. The summed E-state index contributed by atoms with van der Waals surface area (Å²) < 4.78 is 0. The van der Waals surface area contributed by atoms with Crippen molar-refractivity contribution in [2.24, 2.45) is 5.41 Å². The zero-order valence-electron chi connectivity index (χ0n) is 11.9. The summed E-state index contributed by atoms with van der Waals surface area (Å²) in [5.74, 6) is 0. The Kier molecular flexibility index (Phi) is 2.67. The molecule has 0 unspecified atom stereocenters. The molecule has 2 nitrogen and oxygen atoms in total. The maximum absolute atomic E-state index is 3.71. The molecule has 2 rings (SSSR count). The van der Waals surface area contributed by atoms with Gasteiger partial charge in [-0.05, 0) is 59.8 Å². The van der Waals surface area contributed by atoms with E-state index in [1.807, 2.05) is 0 Å². The Morgan fingerprint density at radius 2 is 1.50 bits per heavy atom. The standard InChI is InChI=1S/C14H28N2/c1-12(2,3)15-11-7-14(8-11)9-16(10-14)13(4,5)6/h11,15H,7-10H2,1-6H3. The number of likely N-dealkylation sites (tertiary alicyclic amines) is 1. The number of hydrogen-bond acceptors (Lipinski definition) is 2. The number of hydrogen-bond donors (Lipinski definition) is 1. The summed E-state index contributed by atoms with van der Waals surface area (Å²) >= 11 is 0. The maximum atomic E-state index is 3.71. The van der Waals surface area contributed by atoms with E-state index in [1.165, 1.54) is 25.9 Å². The summed E-state index contributed by atoms with van der Waals surface area (Å²) in [6, 6.07) is 0.766. The highest BCUT2D eigenvalue weighted by Gasteiger charge is 2.54. The van der Waals surface area contributed by atoms with Gasteiger partial charge in [0.05, 0.1) is 0 Å². The summed E-state index contributed by atoms with van der Waals surface area (Å²) in [6.45, 7) is 16.4. The second-order valence-corrected chi connectivity index (χ2v) is 8.03. The summed E-state index contributed by atoms with van der Waals surface area (Å²) in [4.78, 5) is 2.61. The molecule has 0 bridgehead atoms. The molecule has 0 atom stereocenters. The molecule has 0 aromatic heterocycles. The fourth-order valence-corrected chi connectivity index (χ4v) is 3.20. The molecule has 0 aromatic carbocycles. The van der Waals surface area contributed by atoms with Gasteiger partial charge in [0.1, 0.15) is 0 Å². The third-order valence-electron chi connectivity index (χ3n) is 4.00. The van der Waals surface area contributed by atoms with Crippen molar-refractivity contribution < 1.29 is 0 Å². The predicted octanol–water partition coefficient (Wildman–Crippen LogP) is 2.64. The molecule has 1 aliphatic heterocycles. The van der Waals surface area contributed by atoms with Crippen molar-refractivity contribution in [1.82, 2.24) is 10.2 Å². The molecule has 0 amide bonds.